The molecule has 12 heteroatoms. The van der Waals surface area contributed by atoms with Crippen LogP contribution in [0.2, 0.25) is 5.02 Å². The van der Waals surface area contributed by atoms with Gasteiger partial charge in [-0.3, -0.25) is 19.6 Å². The third-order valence-corrected chi connectivity index (χ3v) is 14.1. The van der Waals surface area contributed by atoms with E-state index in [2.05, 4.69) is 46.6 Å². The summed E-state index contributed by atoms with van der Waals surface area (Å²) in [7, 11) is 0. The lowest BCUT2D eigenvalue weighted by Gasteiger charge is -2.47. The Bertz CT molecular complexity index is 2490. The number of benzene rings is 3. The molecule has 3 aromatic carbocycles. The van der Waals surface area contributed by atoms with Crippen LogP contribution in [0.5, 0.6) is 11.5 Å². The second-order valence-electron chi connectivity index (χ2n) is 18.2. The first-order valence-electron chi connectivity index (χ1n) is 22.7. The molecule has 3 aliphatic carbocycles. The number of carboxylic acids is 1. The highest BCUT2D eigenvalue weighted by molar-refractivity contribution is 6.30. The van der Waals surface area contributed by atoms with E-state index in [0.717, 1.165) is 66.0 Å². The van der Waals surface area contributed by atoms with Crippen LogP contribution in [0.3, 0.4) is 0 Å². The summed E-state index contributed by atoms with van der Waals surface area (Å²) in [5, 5.41) is 17.7. The number of pyridine rings is 2. The molecule has 64 heavy (non-hydrogen) atoms. The molecule has 1 spiro atoms. The minimum absolute atomic E-state index is 0.0656. The lowest BCUT2D eigenvalue weighted by atomic mass is 9.59. The average Bonchev–Trinajstić information content (AvgIpc) is 3.58. The molecule has 0 saturated heterocycles. The van der Waals surface area contributed by atoms with E-state index in [9.17, 15) is 19.5 Å². The number of rotatable bonds is 17. The number of aryl methyl sites for hydroxylation is 1. The number of halogens is 1. The van der Waals surface area contributed by atoms with Gasteiger partial charge in [-0.2, -0.15) is 0 Å². The number of carbonyl (C=O) groups excluding carboxylic acids is 2. The topological polar surface area (TPSA) is 166 Å². The van der Waals surface area contributed by atoms with Crippen LogP contribution >= 0.6 is 11.6 Å². The predicted octanol–water partition coefficient (Wildman–Crippen LogP) is 9.84. The molecule has 0 bridgehead atoms. The number of fused-ring (bicyclic) bond motifs is 3. The van der Waals surface area contributed by atoms with Crippen molar-refractivity contribution in [3.05, 3.63) is 136 Å². The molecule has 334 valence electrons. The number of hydrogen-bond acceptors (Lipinski definition) is 8. The van der Waals surface area contributed by atoms with Crippen molar-refractivity contribution in [2.75, 3.05) is 18.5 Å². The first-order valence-corrected chi connectivity index (χ1v) is 23.0. The molecular weight excluding hydrogens is 826 g/mol. The van der Waals surface area contributed by atoms with Crippen LogP contribution in [-0.4, -0.2) is 51.6 Å². The van der Waals surface area contributed by atoms with Gasteiger partial charge in [-0.25, -0.2) is 4.79 Å². The fraction of sp³-hybridized carbons (Fsp3) is 0.404. The molecule has 0 aliphatic heterocycles. The standard InChI is InChI=1S/C52H58ClN5O6/c1-33(32-64-46-18-23-55-44-12-3-7-34(2)48(44)46)25-39-27-37-14-16-42(29-43(37)51(39)19-21-52(22-20-51,50(61)62)58-41-11-5-10-40(53)28-41)63-24-6-13-47(59)57-30-35-8-4-9-36(26-35)38-15-17-45(49(54)60)56-31-38/h4-5,8-11,14-18,23,26,28-29,31,33-34,39,58H,3,6-7,12-13,19-22,24-25,27,30,32H2,1-2H3,(H2,54,60)(H,57,59)(H,61,62)/t33-,34-,39+,51?,52?/m1/s1. The molecule has 8 rings (SSSR count). The largest absolute Gasteiger partial charge is 0.494 e. The highest BCUT2D eigenvalue weighted by Gasteiger charge is 2.54. The minimum Gasteiger partial charge on any atom is -0.494 e. The Morgan fingerprint density at radius 2 is 1.78 bits per heavy atom. The Morgan fingerprint density at radius 1 is 0.953 bits per heavy atom. The van der Waals surface area contributed by atoms with Crippen molar-refractivity contribution in [3.8, 4) is 22.6 Å². The van der Waals surface area contributed by atoms with Crippen molar-refractivity contribution in [2.45, 2.75) is 108 Å². The smallest absolute Gasteiger partial charge is 0.329 e. The maximum Gasteiger partial charge on any atom is 0.329 e. The number of aromatic nitrogens is 2. The Balaban J connectivity index is 0.917. The molecule has 1 fully saturated rings. The second-order valence-corrected chi connectivity index (χ2v) is 18.7. The highest BCUT2D eigenvalue weighted by Crippen LogP contribution is 2.57. The Hall–Kier alpha value is -5.94. The summed E-state index contributed by atoms with van der Waals surface area (Å²) in [5.41, 5.74) is 12.6. The van der Waals surface area contributed by atoms with Crippen molar-refractivity contribution >= 4 is 35.1 Å². The van der Waals surface area contributed by atoms with E-state index in [1.54, 1.807) is 30.5 Å². The molecule has 0 radical (unpaired) electrons. The Labute approximate surface area is 380 Å². The van der Waals surface area contributed by atoms with E-state index in [4.69, 9.17) is 26.8 Å². The van der Waals surface area contributed by atoms with Gasteiger partial charge in [0.2, 0.25) is 5.91 Å². The second kappa shape index (κ2) is 19.4. The van der Waals surface area contributed by atoms with Crippen molar-refractivity contribution < 1.29 is 29.0 Å². The van der Waals surface area contributed by atoms with Crippen LogP contribution in [-0.2, 0) is 34.4 Å². The molecule has 2 heterocycles. The number of primary amides is 1. The number of carbonyl (C=O) groups is 3. The molecule has 3 atom stereocenters. The normalized spacial score (nSPS) is 21.6. The lowest BCUT2D eigenvalue weighted by molar-refractivity contribution is -0.144. The van der Waals surface area contributed by atoms with Crippen LogP contribution in [0.15, 0.2) is 97.3 Å². The number of anilines is 1. The lowest BCUT2D eigenvalue weighted by Crippen LogP contribution is -2.53. The number of ether oxygens (including phenoxy) is 2. The van der Waals surface area contributed by atoms with Gasteiger partial charge in [0, 0.05) is 52.9 Å². The molecule has 2 aromatic heterocycles. The van der Waals surface area contributed by atoms with Gasteiger partial charge in [-0.1, -0.05) is 61.8 Å². The van der Waals surface area contributed by atoms with Gasteiger partial charge in [0.05, 0.1) is 13.2 Å². The summed E-state index contributed by atoms with van der Waals surface area (Å²) >= 11 is 6.32. The van der Waals surface area contributed by atoms with Crippen LogP contribution in [0.1, 0.15) is 116 Å². The average molecular weight is 885 g/mol. The van der Waals surface area contributed by atoms with E-state index >= 15 is 0 Å². The molecule has 11 nitrogen and oxygen atoms in total. The number of hydrogen-bond donors (Lipinski definition) is 4. The number of nitrogens with two attached hydrogens (primary N) is 1. The predicted molar refractivity (Wildman–Crippen MR) is 249 cm³/mol. The summed E-state index contributed by atoms with van der Waals surface area (Å²) < 4.78 is 12.9. The van der Waals surface area contributed by atoms with Gasteiger partial charge in [0.15, 0.2) is 0 Å². The summed E-state index contributed by atoms with van der Waals surface area (Å²) in [6, 6.07) is 26.9. The van der Waals surface area contributed by atoms with Crippen LogP contribution in [0.25, 0.3) is 11.1 Å². The zero-order valence-corrected chi connectivity index (χ0v) is 37.5. The number of amides is 2. The number of nitrogens with one attached hydrogen (secondary N) is 2. The quantitative estimate of drug-likeness (QED) is 0.0665. The fourth-order valence-corrected chi connectivity index (χ4v) is 10.6. The molecule has 2 amide bonds. The number of aliphatic carboxylic acids is 1. The maximum atomic E-state index is 13.1. The fourth-order valence-electron chi connectivity index (χ4n) is 10.4. The van der Waals surface area contributed by atoms with Gasteiger partial charge < -0.3 is 30.9 Å². The van der Waals surface area contributed by atoms with Gasteiger partial charge in [0.1, 0.15) is 22.7 Å². The summed E-state index contributed by atoms with van der Waals surface area (Å²) in [5.74, 6) is 1.21. The van der Waals surface area contributed by atoms with Crippen molar-refractivity contribution in [1.29, 1.82) is 0 Å². The van der Waals surface area contributed by atoms with Gasteiger partial charge in [-0.15, -0.1) is 0 Å². The van der Waals surface area contributed by atoms with E-state index in [1.807, 2.05) is 54.7 Å². The van der Waals surface area contributed by atoms with E-state index < -0.39 is 17.4 Å². The molecule has 1 saturated carbocycles. The van der Waals surface area contributed by atoms with E-state index in [-0.39, 0.29) is 22.9 Å². The molecule has 5 N–H and O–H groups in total. The zero-order valence-electron chi connectivity index (χ0n) is 36.7. The van der Waals surface area contributed by atoms with Gasteiger partial charge >= 0.3 is 5.97 Å². The highest BCUT2D eigenvalue weighted by atomic mass is 35.5. The van der Waals surface area contributed by atoms with Crippen LogP contribution in [0, 0.1) is 11.8 Å². The van der Waals surface area contributed by atoms with Crippen molar-refractivity contribution in [2.24, 2.45) is 17.6 Å². The Kier molecular flexibility index (Phi) is 13.6. The summed E-state index contributed by atoms with van der Waals surface area (Å²) in [6.45, 7) is 5.89. The van der Waals surface area contributed by atoms with E-state index in [0.29, 0.717) is 80.8 Å². The zero-order chi connectivity index (χ0) is 44.8. The maximum absolute atomic E-state index is 13.1. The first-order chi connectivity index (χ1) is 30.9. The van der Waals surface area contributed by atoms with Crippen LogP contribution < -0.4 is 25.8 Å². The summed E-state index contributed by atoms with van der Waals surface area (Å²) in [6.07, 6.45) is 11.8. The molecule has 0 unspecified atom stereocenters. The third-order valence-electron chi connectivity index (χ3n) is 13.8. The number of nitrogens with zero attached hydrogens (tertiary/aromatic N) is 2. The molecular formula is C52H58ClN5O6. The summed E-state index contributed by atoms with van der Waals surface area (Å²) in [4.78, 5) is 46.2. The first kappa shape index (κ1) is 44.7. The van der Waals surface area contributed by atoms with Crippen molar-refractivity contribution in [1.82, 2.24) is 15.3 Å². The monoisotopic (exact) mass is 883 g/mol. The molecule has 3 aliphatic rings. The third kappa shape index (κ3) is 9.89. The number of carboxylic acid groups (broad SMARTS) is 1. The SMILES string of the molecule is C[C@@H](COc1ccnc2c1[C@H](C)CCC2)C[C@H]1Cc2ccc(OCCCC(=O)NCc3cccc(-c4ccc(C(N)=O)nc4)c3)cc2C12CCC(Nc1cccc(Cl)c1)(C(=O)O)CC2. The van der Waals surface area contributed by atoms with Gasteiger partial charge in [0.25, 0.3) is 5.91 Å². The van der Waals surface area contributed by atoms with Crippen molar-refractivity contribution in [3.63, 3.8) is 0 Å². The minimum atomic E-state index is -1.12. The Morgan fingerprint density at radius 3 is 2.55 bits per heavy atom. The van der Waals surface area contributed by atoms with E-state index in [1.165, 1.54) is 16.7 Å². The van der Waals surface area contributed by atoms with Gasteiger partial charge in [-0.05, 0) is 158 Å². The van der Waals surface area contributed by atoms with Crippen LogP contribution in [0.4, 0.5) is 5.69 Å². The molecule has 5 aromatic rings.